The first-order valence-electron chi connectivity index (χ1n) is 5.25. The van der Waals surface area contributed by atoms with Gasteiger partial charge >= 0.3 is 0 Å². The van der Waals surface area contributed by atoms with Crippen LogP contribution in [0.1, 0.15) is 28.8 Å². The first kappa shape index (κ1) is 13.7. The van der Waals surface area contributed by atoms with Gasteiger partial charge in [-0.1, -0.05) is 31.9 Å². The second kappa shape index (κ2) is 7.07. The monoisotopic (exact) mass is 347 g/mol. The highest BCUT2D eigenvalue weighted by molar-refractivity contribution is 9.10. The van der Waals surface area contributed by atoms with Crippen LogP contribution in [0.15, 0.2) is 22.7 Å². The molecule has 0 bridgehead atoms. The number of hydrogen-bond donors (Lipinski definition) is 1. The Morgan fingerprint density at radius 3 is 2.75 bits per heavy atom. The Morgan fingerprint density at radius 1 is 1.38 bits per heavy atom. The van der Waals surface area contributed by atoms with Crippen LogP contribution in [0.2, 0.25) is 0 Å². The maximum Gasteiger partial charge on any atom is 0.251 e. The molecule has 1 amide bonds. The van der Waals surface area contributed by atoms with Crippen molar-refractivity contribution >= 4 is 37.8 Å². The molecule has 0 aliphatic rings. The molecular formula is C12H15Br2NO. The number of carbonyl (C=O) groups excluding carboxylic acids is 1. The number of unbranched alkanes of at least 4 members (excludes halogenated alkanes) is 1. The molecule has 2 nitrogen and oxygen atoms in total. The standard InChI is InChI=1S/C12H15Br2NO/c1-9-8-10(14)4-5-11(9)12(16)15-7-3-2-6-13/h4-5,8H,2-3,6-7H2,1H3,(H,15,16). The Bertz CT molecular complexity index is 366. The van der Waals surface area contributed by atoms with E-state index in [0.717, 1.165) is 40.3 Å². The lowest BCUT2D eigenvalue weighted by molar-refractivity contribution is 0.0952. The number of aryl methyl sites for hydroxylation is 1. The molecule has 1 rings (SSSR count). The third-order valence-electron chi connectivity index (χ3n) is 2.28. The van der Waals surface area contributed by atoms with Crippen LogP contribution < -0.4 is 5.32 Å². The summed E-state index contributed by atoms with van der Waals surface area (Å²) in [5, 5.41) is 3.91. The van der Waals surface area contributed by atoms with Crippen LogP contribution >= 0.6 is 31.9 Å². The van der Waals surface area contributed by atoms with Gasteiger partial charge in [-0.05, 0) is 43.5 Å². The normalized spacial score (nSPS) is 10.2. The van der Waals surface area contributed by atoms with Crippen molar-refractivity contribution in [3.63, 3.8) is 0 Å². The van der Waals surface area contributed by atoms with Gasteiger partial charge in [-0.15, -0.1) is 0 Å². The van der Waals surface area contributed by atoms with Crippen LogP contribution in [0.5, 0.6) is 0 Å². The van der Waals surface area contributed by atoms with Crippen molar-refractivity contribution in [1.82, 2.24) is 5.32 Å². The Morgan fingerprint density at radius 2 is 2.12 bits per heavy atom. The minimum atomic E-state index is 0.0135. The van der Waals surface area contributed by atoms with Crippen molar-refractivity contribution < 1.29 is 4.79 Å². The Kier molecular flexibility index (Phi) is 6.06. The van der Waals surface area contributed by atoms with Crippen molar-refractivity contribution in [1.29, 1.82) is 0 Å². The molecule has 88 valence electrons. The molecule has 1 aromatic carbocycles. The molecule has 0 atom stereocenters. The lowest BCUT2D eigenvalue weighted by Gasteiger charge is -2.07. The van der Waals surface area contributed by atoms with Gasteiger partial charge in [-0.25, -0.2) is 0 Å². The Balaban J connectivity index is 2.53. The number of alkyl halides is 1. The molecule has 0 spiro atoms. The quantitative estimate of drug-likeness (QED) is 0.638. The van der Waals surface area contributed by atoms with Crippen molar-refractivity contribution in [2.75, 3.05) is 11.9 Å². The molecule has 4 heteroatoms. The summed E-state index contributed by atoms with van der Waals surface area (Å²) in [5.74, 6) is 0.0135. The summed E-state index contributed by atoms with van der Waals surface area (Å²) in [7, 11) is 0. The average molecular weight is 349 g/mol. The van der Waals surface area contributed by atoms with E-state index in [1.54, 1.807) is 0 Å². The summed E-state index contributed by atoms with van der Waals surface area (Å²) >= 11 is 6.74. The zero-order valence-corrected chi connectivity index (χ0v) is 12.4. The van der Waals surface area contributed by atoms with Gasteiger partial charge in [0.15, 0.2) is 0 Å². The number of amides is 1. The molecular weight excluding hydrogens is 334 g/mol. The van der Waals surface area contributed by atoms with Gasteiger partial charge in [-0.2, -0.15) is 0 Å². The highest BCUT2D eigenvalue weighted by Gasteiger charge is 2.07. The largest absolute Gasteiger partial charge is 0.352 e. The van der Waals surface area contributed by atoms with Gasteiger partial charge in [0, 0.05) is 21.9 Å². The molecule has 16 heavy (non-hydrogen) atoms. The molecule has 0 fully saturated rings. The third-order valence-corrected chi connectivity index (χ3v) is 3.33. The highest BCUT2D eigenvalue weighted by Crippen LogP contribution is 2.15. The van der Waals surface area contributed by atoms with E-state index >= 15 is 0 Å². The van der Waals surface area contributed by atoms with E-state index in [1.807, 2.05) is 25.1 Å². The number of benzene rings is 1. The van der Waals surface area contributed by atoms with Crippen LogP contribution in [0, 0.1) is 6.92 Å². The van der Waals surface area contributed by atoms with Crippen molar-refractivity contribution in [2.24, 2.45) is 0 Å². The van der Waals surface area contributed by atoms with Gasteiger partial charge in [0.1, 0.15) is 0 Å². The van der Waals surface area contributed by atoms with Crippen LogP contribution in [-0.2, 0) is 0 Å². The number of halogens is 2. The average Bonchev–Trinajstić information content (AvgIpc) is 2.24. The van der Waals surface area contributed by atoms with Crippen molar-refractivity contribution in [3.05, 3.63) is 33.8 Å². The zero-order valence-electron chi connectivity index (χ0n) is 9.22. The molecule has 0 aliphatic heterocycles. The molecule has 0 radical (unpaired) electrons. The van der Waals surface area contributed by atoms with E-state index in [-0.39, 0.29) is 5.91 Å². The lowest BCUT2D eigenvalue weighted by Crippen LogP contribution is -2.25. The van der Waals surface area contributed by atoms with Crippen molar-refractivity contribution in [2.45, 2.75) is 19.8 Å². The molecule has 0 heterocycles. The summed E-state index contributed by atoms with van der Waals surface area (Å²) in [5.41, 5.74) is 1.74. The van der Waals surface area contributed by atoms with Gasteiger partial charge in [0.25, 0.3) is 5.91 Å². The Hall–Kier alpha value is -0.350. The van der Waals surface area contributed by atoms with Crippen LogP contribution in [0.25, 0.3) is 0 Å². The molecule has 0 saturated carbocycles. The fraction of sp³-hybridized carbons (Fsp3) is 0.417. The van der Waals surface area contributed by atoms with Crippen LogP contribution in [-0.4, -0.2) is 17.8 Å². The van der Waals surface area contributed by atoms with E-state index in [2.05, 4.69) is 37.2 Å². The van der Waals surface area contributed by atoms with Gasteiger partial charge in [-0.3, -0.25) is 4.79 Å². The van der Waals surface area contributed by atoms with Crippen LogP contribution in [0.4, 0.5) is 0 Å². The smallest absolute Gasteiger partial charge is 0.251 e. The minimum absolute atomic E-state index is 0.0135. The zero-order chi connectivity index (χ0) is 12.0. The number of rotatable bonds is 5. The summed E-state index contributed by atoms with van der Waals surface area (Å²) in [4.78, 5) is 11.8. The predicted molar refractivity (Wildman–Crippen MR) is 74.2 cm³/mol. The predicted octanol–water partition coefficient (Wildman–Crippen LogP) is 3.66. The third kappa shape index (κ3) is 4.26. The first-order valence-corrected chi connectivity index (χ1v) is 7.17. The summed E-state index contributed by atoms with van der Waals surface area (Å²) in [6.45, 7) is 2.68. The van der Waals surface area contributed by atoms with E-state index in [4.69, 9.17) is 0 Å². The lowest BCUT2D eigenvalue weighted by atomic mass is 10.1. The summed E-state index contributed by atoms with van der Waals surface area (Å²) in [6, 6.07) is 5.69. The molecule has 0 unspecified atom stereocenters. The molecule has 1 aromatic rings. The minimum Gasteiger partial charge on any atom is -0.352 e. The maximum absolute atomic E-state index is 11.8. The van der Waals surface area contributed by atoms with Gasteiger partial charge < -0.3 is 5.32 Å². The van der Waals surface area contributed by atoms with Gasteiger partial charge in [0.2, 0.25) is 0 Å². The van der Waals surface area contributed by atoms with Crippen LogP contribution in [0.3, 0.4) is 0 Å². The molecule has 0 aliphatic carbocycles. The van der Waals surface area contributed by atoms with E-state index in [1.165, 1.54) is 0 Å². The summed E-state index contributed by atoms with van der Waals surface area (Å²) < 4.78 is 1.00. The second-order valence-corrected chi connectivity index (χ2v) is 5.32. The molecule has 0 saturated heterocycles. The van der Waals surface area contributed by atoms with Gasteiger partial charge in [0.05, 0.1) is 0 Å². The molecule has 1 N–H and O–H groups in total. The van der Waals surface area contributed by atoms with E-state index < -0.39 is 0 Å². The fourth-order valence-electron chi connectivity index (χ4n) is 1.40. The van der Waals surface area contributed by atoms with E-state index in [9.17, 15) is 4.79 Å². The number of carbonyl (C=O) groups is 1. The number of hydrogen-bond acceptors (Lipinski definition) is 1. The first-order chi connectivity index (χ1) is 7.65. The Labute approximate surface area is 113 Å². The fourth-order valence-corrected chi connectivity index (χ4v) is 2.27. The summed E-state index contributed by atoms with van der Waals surface area (Å²) in [6.07, 6.45) is 2.09. The van der Waals surface area contributed by atoms with E-state index in [0.29, 0.717) is 0 Å². The second-order valence-electron chi connectivity index (χ2n) is 3.61. The maximum atomic E-state index is 11.8. The highest BCUT2D eigenvalue weighted by atomic mass is 79.9. The van der Waals surface area contributed by atoms with Crippen molar-refractivity contribution in [3.8, 4) is 0 Å². The SMILES string of the molecule is Cc1cc(Br)ccc1C(=O)NCCCCBr. The molecule has 0 aromatic heterocycles. The number of nitrogens with one attached hydrogen (secondary N) is 1. The topological polar surface area (TPSA) is 29.1 Å².